The second-order valence-corrected chi connectivity index (χ2v) is 6.26. The van der Waals surface area contributed by atoms with Crippen LogP contribution in [0.4, 0.5) is 0 Å². The molecule has 0 aromatic rings. The van der Waals surface area contributed by atoms with Crippen LogP contribution in [0.1, 0.15) is 40.0 Å². The number of ether oxygens (including phenoxy) is 5. The van der Waals surface area contributed by atoms with Crippen LogP contribution in [0.25, 0.3) is 0 Å². The minimum Gasteiger partial charge on any atom is -0.462 e. The van der Waals surface area contributed by atoms with Crippen molar-refractivity contribution in [2.45, 2.75) is 70.7 Å². The van der Waals surface area contributed by atoms with Gasteiger partial charge in [-0.05, 0) is 33.6 Å². The van der Waals surface area contributed by atoms with Crippen molar-refractivity contribution in [2.75, 3.05) is 13.2 Å². The maximum atomic E-state index is 12.1. The number of hydrogen-bond acceptors (Lipinski definition) is 7. The van der Waals surface area contributed by atoms with E-state index in [1.165, 1.54) is 0 Å². The van der Waals surface area contributed by atoms with Crippen LogP contribution in [0.5, 0.6) is 0 Å². The Labute approximate surface area is 142 Å². The highest BCUT2D eigenvalue weighted by Crippen LogP contribution is 2.29. The van der Waals surface area contributed by atoms with E-state index in [-0.39, 0.29) is 37.6 Å². The second kappa shape index (κ2) is 8.60. The molecule has 0 radical (unpaired) electrons. The molecule has 7 nitrogen and oxygen atoms in total. The molecule has 0 amide bonds. The molecule has 0 aromatic heterocycles. The molecule has 2 saturated heterocycles. The van der Waals surface area contributed by atoms with E-state index in [2.05, 4.69) is 6.58 Å². The van der Waals surface area contributed by atoms with Crippen LogP contribution in [-0.2, 0) is 33.3 Å². The first kappa shape index (κ1) is 18.9. The van der Waals surface area contributed by atoms with Gasteiger partial charge in [-0.15, -0.1) is 0 Å². The van der Waals surface area contributed by atoms with E-state index in [9.17, 15) is 9.59 Å². The number of hydrogen-bond donors (Lipinski definition) is 0. The van der Waals surface area contributed by atoms with E-state index in [4.69, 9.17) is 23.7 Å². The zero-order valence-corrected chi connectivity index (χ0v) is 14.5. The normalized spacial score (nSPS) is 30.8. The molecule has 5 atom stereocenters. The first-order valence-electron chi connectivity index (χ1n) is 8.31. The summed E-state index contributed by atoms with van der Waals surface area (Å²) in [5.41, 5.74) is 0.292. The predicted molar refractivity (Wildman–Crippen MR) is 84.1 cm³/mol. The van der Waals surface area contributed by atoms with Gasteiger partial charge in [0.15, 0.2) is 12.4 Å². The lowest BCUT2D eigenvalue weighted by molar-refractivity contribution is -0.171. The van der Waals surface area contributed by atoms with Gasteiger partial charge in [0.05, 0.1) is 25.2 Å². The van der Waals surface area contributed by atoms with Crippen LogP contribution in [0.15, 0.2) is 12.2 Å². The Morgan fingerprint density at radius 3 is 2.50 bits per heavy atom. The summed E-state index contributed by atoms with van der Waals surface area (Å²) in [7, 11) is 0. The summed E-state index contributed by atoms with van der Waals surface area (Å²) < 4.78 is 27.4. The van der Waals surface area contributed by atoms with Gasteiger partial charge in [-0.1, -0.05) is 6.58 Å². The third kappa shape index (κ3) is 5.29. The minimum absolute atomic E-state index is 0.0269. The van der Waals surface area contributed by atoms with Crippen LogP contribution >= 0.6 is 0 Å². The fraction of sp³-hybridized carbons (Fsp3) is 0.765. The topological polar surface area (TPSA) is 80.3 Å². The fourth-order valence-corrected chi connectivity index (χ4v) is 2.75. The highest BCUT2D eigenvalue weighted by Gasteiger charge is 2.41. The molecule has 2 rings (SSSR count). The molecule has 0 spiro atoms. The van der Waals surface area contributed by atoms with Crippen LogP contribution in [0.3, 0.4) is 0 Å². The summed E-state index contributed by atoms with van der Waals surface area (Å²) in [5, 5.41) is 0. The van der Waals surface area contributed by atoms with Gasteiger partial charge >= 0.3 is 11.9 Å². The Hall–Kier alpha value is -1.44. The fourth-order valence-electron chi connectivity index (χ4n) is 2.75. The van der Waals surface area contributed by atoms with Gasteiger partial charge in [0.2, 0.25) is 0 Å². The van der Waals surface area contributed by atoms with E-state index in [0.717, 1.165) is 12.8 Å². The summed E-state index contributed by atoms with van der Waals surface area (Å²) in [6, 6.07) is 0. The molecule has 24 heavy (non-hydrogen) atoms. The average Bonchev–Trinajstić information content (AvgIpc) is 3.13. The van der Waals surface area contributed by atoms with Gasteiger partial charge in [0.1, 0.15) is 12.7 Å². The average molecular weight is 342 g/mol. The minimum atomic E-state index is -0.524. The summed E-state index contributed by atoms with van der Waals surface area (Å²) in [6.45, 7) is 9.14. The largest absolute Gasteiger partial charge is 0.462 e. The summed E-state index contributed by atoms with van der Waals surface area (Å²) in [5.74, 6) is -0.977. The van der Waals surface area contributed by atoms with Crippen LogP contribution in [0.2, 0.25) is 0 Å². The molecule has 5 unspecified atom stereocenters. The molecular formula is C17H26O7. The Kier molecular flexibility index (Phi) is 6.77. The van der Waals surface area contributed by atoms with Crippen molar-refractivity contribution in [3.8, 4) is 0 Å². The quantitative estimate of drug-likeness (QED) is 0.515. The third-order valence-electron chi connectivity index (χ3n) is 4.01. The first-order chi connectivity index (χ1) is 11.4. The smallest absolute Gasteiger partial charge is 0.333 e. The molecule has 0 saturated carbocycles. The number of esters is 2. The van der Waals surface area contributed by atoms with Crippen molar-refractivity contribution < 1.29 is 33.3 Å². The number of rotatable bonds is 7. The van der Waals surface area contributed by atoms with Gasteiger partial charge in [0.25, 0.3) is 0 Å². The third-order valence-corrected chi connectivity index (χ3v) is 4.01. The van der Waals surface area contributed by atoms with Crippen LogP contribution in [-0.4, -0.2) is 55.9 Å². The lowest BCUT2D eigenvalue weighted by atomic mass is 10.1. The van der Waals surface area contributed by atoms with Gasteiger partial charge in [0, 0.05) is 5.57 Å². The first-order valence-corrected chi connectivity index (χ1v) is 8.31. The zero-order chi connectivity index (χ0) is 17.7. The SMILES string of the molecule is C=C(C)C(=O)OCCC(=O)OC(C1CCC(C)O1)C1COC(C)O1. The lowest BCUT2D eigenvalue weighted by Crippen LogP contribution is -2.43. The number of carbonyl (C=O) groups is 2. The molecule has 2 fully saturated rings. The van der Waals surface area contributed by atoms with Gasteiger partial charge in [-0.25, -0.2) is 4.79 Å². The summed E-state index contributed by atoms with van der Waals surface area (Å²) in [4.78, 5) is 23.4. The zero-order valence-electron chi connectivity index (χ0n) is 14.5. The maximum Gasteiger partial charge on any atom is 0.333 e. The van der Waals surface area contributed by atoms with E-state index in [1.54, 1.807) is 13.8 Å². The molecule has 7 heteroatoms. The molecule has 2 aliphatic heterocycles. The van der Waals surface area contributed by atoms with Crippen molar-refractivity contribution in [3.63, 3.8) is 0 Å². The van der Waals surface area contributed by atoms with Gasteiger partial charge in [-0.2, -0.15) is 0 Å². The van der Waals surface area contributed by atoms with Gasteiger partial charge < -0.3 is 23.7 Å². The van der Waals surface area contributed by atoms with E-state index in [1.807, 2.05) is 6.92 Å². The Morgan fingerprint density at radius 2 is 1.96 bits per heavy atom. The van der Waals surface area contributed by atoms with Crippen LogP contribution in [0, 0.1) is 0 Å². The van der Waals surface area contributed by atoms with E-state index < -0.39 is 18.0 Å². The monoisotopic (exact) mass is 342 g/mol. The van der Waals surface area contributed by atoms with Crippen molar-refractivity contribution >= 4 is 11.9 Å². The van der Waals surface area contributed by atoms with E-state index >= 15 is 0 Å². The molecular weight excluding hydrogens is 316 g/mol. The van der Waals surface area contributed by atoms with Gasteiger partial charge in [-0.3, -0.25) is 4.79 Å². The summed E-state index contributed by atoms with van der Waals surface area (Å²) >= 11 is 0. The molecule has 0 bridgehead atoms. The van der Waals surface area contributed by atoms with E-state index in [0.29, 0.717) is 12.2 Å². The van der Waals surface area contributed by atoms with Crippen LogP contribution < -0.4 is 0 Å². The van der Waals surface area contributed by atoms with Crippen molar-refractivity contribution in [2.24, 2.45) is 0 Å². The molecule has 0 aromatic carbocycles. The molecule has 136 valence electrons. The molecule has 0 aliphatic carbocycles. The second-order valence-electron chi connectivity index (χ2n) is 6.26. The summed E-state index contributed by atoms with van der Waals surface area (Å²) in [6.07, 6.45) is 0.415. The Morgan fingerprint density at radius 1 is 1.21 bits per heavy atom. The highest BCUT2D eigenvalue weighted by molar-refractivity contribution is 5.87. The lowest BCUT2D eigenvalue weighted by Gasteiger charge is -2.27. The predicted octanol–water partition coefficient (Wildman–Crippen LogP) is 1.74. The highest BCUT2D eigenvalue weighted by atomic mass is 16.7. The van der Waals surface area contributed by atoms with Crippen molar-refractivity contribution in [1.82, 2.24) is 0 Å². The van der Waals surface area contributed by atoms with Crippen molar-refractivity contribution in [3.05, 3.63) is 12.2 Å². The van der Waals surface area contributed by atoms with Crippen molar-refractivity contribution in [1.29, 1.82) is 0 Å². The number of carbonyl (C=O) groups excluding carboxylic acids is 2. The molecule has 0 N–H and O–H groups in total. The molecule has 2 heterocycles. The standard InChI is InChI=1S/C17H26O7/c1-10(2)17(19)20-8-7-15(18)24-16(13-6-5-11(3)22-13)14-9-21-12(4)23-14/h11-14,16H,1,5-9H2,2-4H3. The Bertz CT molecular complexity index is 456. The Balaban J connectivity index is 1.86. The molecule has 2 aliphatic rings. The maximum absolute atomic E-state index is 12.1.